The molecule has 141 valence electrons. The molecule has 1 aliphatic rings. The Morgan fingerprint density at radius 3 is 3.00 bits per heavy atom. The van der Waals surface area contributed by atoms with Crippen LogP contribution in [-0.4, -0.2) is 43.1 Å². The predicted octanol–water partition coefficient (Wildman–Crippen LogP) is 1.95. The van der Waals surface area contributed by atoms with Crippen molar-refractivity contribution >= 4 is 13.4 Å². The zero-order valence-corrected chi connectivity index (χ0v) is 15.6. The second-order valence-electron chi connectivity index (χ2n) is 6.75. The highest BCUT2D eigenvalue weighted by Gasteiger charge is 2.28. The average Bonchev–Trinajstić information content (AvgIpc) is 3.10. The molecule has 1 aliphatic heterocycles. The van der Waals surface area contributed by atoms with Gasteiger partial charge in [-0.3, -0.25) is 9.78 Å². The number of fused-ring (bicyclic) bond motifs is 1. The van der Waals surface area contributed by atoms with Crippen molar-refractivity contribution in [3.63, 3.8) is 0 Å². The van der Waals surface area contributed by atoms with E-state index in [-0.39, 0.29) is 11.8 Å². The average molecular weight is 367 g/mol. The Balaban J connectivity index is 1.51. The Kier molecular flexibility index (Phi) is 6.34. The zero-order valence-electron chi connectivity index (χ0n) is 15.6. The second kappa shape index (κ2) is 8.91. The van der Waals surface area contributed by atoms with Crippen LogP contribution in [0.5, 0.6) is 11.5 Å². The number of carbonyl (C=O) groups excluding carboxylic acids is 1. The van der Waals surface area contributed by atoms with Crippen LogP contribution in [-0.2, 0) is 11.2 Å². The van der Waals surface area contributed by atoms with E-state index >= 15 is 0 Å². The molecule has 2 atom stereocenters. The van der Waals surface area contributed by atoms with Crippen molar-refractivity contribution in [2.45, 2.75) is 38.0 Å². The first-order valence-electron chi connectivity index (χ1n) is 9.09. The molecule has 0 saturated carbocycles. The fraction of sp³-hybridized carbons (Fsp3) is 0.400. The number of hydrogen-bond acceptors (Lipinski definition) is 5. The maximum Gasteiger partial charge on any atom is 0.311 e. The number of para-hydroxylation sites is 1. The summed E-state index contributed by atoms with van der Waals surface area (Å²) < 4.78 is 10.9. The molecule has 1 radical (unpaired) electrons. The Morgan fingerprint density at radius 2 is 2.30 bits per heavy atom. The molecule has 2 aromatic rings. The summed E-state index contributed by atoms with van der Waals surface area (Å²) in [5, 5.41) is 12.5. The Labute approximate surface area is 160 Å². The van der Waals surface area contributed by atoms with Crippen molar-refractivity contribution in [2.24, 2.45) is 0 Å². The molecule has 3 rings (SSSR count). The maximum absolute atomic E-state index is 12.3. The Morgan fingerprint density at radius 1 is 1.44 bits per heavy atom. The molecule has 1 aromatic heterocycles. The minimum absolute atomic E-state index is 0.119. The van der Waals surface area contributed by atoms with Gasteiger partial charge in [0.15, 0.2) is 0 Å². The van der Waals surface area contributed by atoms with Gasteiger partial charge in [-0.2, -0.15) is 0 Å². The number of ether oxygens (including phenoxy) is 2. The highest BCUT2D eigenvalue weighted by atomic mass is 16.5. The summed E-state index contributed by atoms with van der Waals surface area (Å²) in [6, 6.07) is 9.74. The first kappa shape index (κ1) is 19.2. The third kappa shape index (κ3) is 4.80. The number of aryl methyl sites for hydroxylation is 2. The van der Waals surface area contributed by atoms with Crippen LogP contribution >= 0.6 is 0 Å². The van der Waals surface area contributed by atoms with Crippen molar-refractivity contribution in [1.29, 1.82) is 0 Å². The summed E-state index contributed by atoms with van der Waals surface area (Å²) in [4.78, 5) is 16.5. The quantitative estimate of drug-likeness (QED) is 0.698. The fourth-order valence-corrected chi connectivity index (χ4v) is 3.33. The molecule has 2 heterocycles. The molecule has 0 fully saturated rings. The van der Waals surface area contributed by atoms with E-state index in [0.29, 0.717) is 31.6 Å². The zero-order chi connectivity index (χ0) is 19.2. The third-order valence-electron chi connectivity index (χ3n) is 4.82. The minimum Gasteiger partial charge on any atom is -0.495 e. The molecule has 6 nitrogen and oxygen atoms in total. The number of amides is 1. The van der Waals surface area contributed by atoms with Crippen LogP contribution in [0.3, 0.4) is 0 Å². The van der Waals surface area contributed by atoms with E-state index in [4.69, 9.17) is 9.47 Å². The van der Waals surface area contributed by atoms with Gasteiger partial charge in [0.1, 0.15) is 11.5 Å². The molecule has 1 aromatic carbocycles. The van der Waals surface area contributed by atoms with Crippen LogP contribution in [0.1, 0.15) is 35.6 Å². The van der Waals surface area contributed by atoms with Crippen LogP contribution in [0.4, 0.5) is 0 Å². The lowest BCUT2D eigenvalue weighted by atomic mass is 9.79. The summed E-state index contributed by atoms with van der Waals surface area (Å²) >= 11 is 0. The molecule has 0 spiro atoms. The SMILES string of the molecule is COc1ccc(CCC(=O)NC([B]O)CC2COc3c(C)cccc32)nc1. The molecule has 0 aliphatic carbocycles. The number of benzene rings is 1. The number of carbonyl (C=O) groups is 1. The van der Waals surface area contributed by atoms with Crippen molar-refractivity contribution in [3.8, 4) is 11.5 Å². The first-order valence-corrected chi connectivity index (χ1v) is 9.09. The van der Waals surface area contributed by atoms with Crippen molar-refractivity contribution in [3.05, 3.63) is 53.3 Å². The fourth-order valence-electron chi connectivity index (χ4n) is 3.33. The highest BCUT2D eigenvalue weighted by Crippen LogP contribution is 2.38. The van der Waals surface area contributed by atoms with Crippen LogP contribution < -0.4 is 14.8 Å². The summed E-state index contributed by atoms with van der Waals surface area (Å²) in [6.45, 7) is 2.59. The van der Waals surface area contributed by atoms with Gasteiger partial charge < -0.3 is 19.8 Å². The second-order valence-corrected chi connectivity index (χ2v) is 6.75. The lowest BCUT2D eigenvalue weighted by Crippen LogP contribution is -2.40. The van der Waals surface area contributed by atoms with Crippen molar-refractivity contribution in [1.82, 2.24) is 10.3 Å². The number of rotatable bonds is 8. The molecule has 2 unspecified atom stereocenters. The normalized spacial score (nSPS) is 16.2. The van der Waals surface area contributed by atoms with E-state index in [1.165, 1.54) is 0 Å². The van der Waals surface area contributed by atoms with E-state index in [9.17, 15) is 9.82 Å². The summed E-state index contributed by atoms with van der Waals surface area (Å²) in [6.07, 6.45) is 3.07. The molecule has 1 amide bonds. The van der Waals surface area contributed by atoms with Crippen LogP contribution in [0.15, 0.2) is 36.5 Å². The number of aromatic nitrogens is 1. The monoisotopic (exact) mass is 367 g/mol. The number of pyridine rings is 1. The molecular formula is C20H24BN2O4. The standard InChI is InChI=1S/C20H24BN2O4/c1-13-4-3-5-17-14(12-27-20(13)17)10-18(21-25)23-19(24)9-7-15-6-8-16(26-2)11-22-15/h3-6,8,11,14,18,25H,7,9-10,12H2,1-2H3,(H,23,24). The van der Waals surface area contributed by atoms with Gasteiger partial charge in [-0.05, 0) is 37.5 Å². The summed E-state index contributed by atoms with van der Waals surface area (Å²) in [5.74, 6) is 1.23. The third-order valence-corrected chi connectivity index (χ3v) is 4.82. The molecular weight excluding hydrogens is 343 g/mol. The number of hydrogen-bond donors (Lipinski definition) is 2. The predicted molar refractivity (Wildman–Crippen MR) is 103 cm³/mol. The topological polar surface area (TPSA) is 80.7 Å². The van der Waals surface area contributed by atoms with Gasteiger partial charge in [0.2, 0.25) is 5.91 Å². The number of nitrogens with zero attached hydrogens (tertiary/aromatic N) is 1. The number of methoxy groups -OCH3 is 1. The van der Waals surface area contributed by atoms with E-state index in [1.807, 2.05) is 37.3 Å². The number of nitrogens with one attached hydrogen (secondary N) is 1. The van der Waals surface area contributed by atoms with E-state index < -0.39 is 5.94 Å². The molecule has 0 bridgehead atoms. The van der Waals surface area contributed by atoms with Gasteiger partial charge in [-0.25, -0.2) is 0 Å². The first-order chi connectivity index (χ1) is 13.1. The lowest BCUT2D eigenvalue weighted by molar-refractivity contribution is -0.121. The summed E-state index contributed by atoms with van der Waals surface area (Å²) in [7, 11) is 2.64. The van der Waals surface area contributed by atoms with Gasteiger partial charge in [0, 0.05) is 29.5 Å². The van der Waals surface area contributed by atoms with Crippen LogP contribution in [0, 0.1) is 6.92 Å². The van der Waals surface area contributed by atoms with Gasteiger partial charge in [0.05, 0.1) is 19.9 Å². The minimum atomic E-state index is -0.415. The maximum atomic E-state index is 12.3. The van der Waals surface area contributed by atoms with E-state index in [1.54, 1.807) is 13.3 Å². The van der Waals surface area contributed by atoms with Crippen molar-refractivity contribution in [2.75, 3.05) is 13.7 Å². The van der Waals surface area contributed by atoms with Gasteiger partial charge in [0.25, 0.3) is 0 Å². The highest BCUT2D eigenvalue weighted by molar-refractivity contribution is 6.28. The van der Waals surface area contributed by atoms with Gasteiger partial charge in [-0.15, -0.1) is 0 Å². The Bertz CT molecular complexity index is 782. The largest absolute Gasteiger partial charge is 0.495 e. The smallest absolute Gasteiger partial charge is 0.311 e. The Hall–Kier alpha value is -2.54. The van der Waals surface area contributed by atoms with E-state index in [2.05, 4.69) is 10.3 Å². The van der Waals surface area contributed by atoms with Gasteiger partial charge in [-0.1, -0.05) is 18.2 Å². The summed E-state index contributed by atoms with van der Waals surface area (Å²) in [5.41, 5.74) is 3.07. The van der Waals surface area contributed by atoms with Gasteiger partial charge >= 0.3 is 7.48 Å². The van der Waals surface area contributed by atoms with Crippen LogP contribution in [0.2, 0.25) is 0 Å². The van der Waals surface area contributed by atoms with Crippen molar-refractivity contribution < 1.29 is 19.3 Å². The van der Waals surface area contributed by atoms with Crippen LogP contribution in [0.25, 0.3) is 0 Å². The molecule has 2 N–H and O–H groups in total. The molecule has 7 heteroatoms. The van der Waals surface area contributed by atoms with E-state index in [0.717, 1.165) is 30.1 Å². The molecule has 27 heavy (non-hydrogen) atoms. The lowest BCUT2D eigenvalue weighted by Gasteiger charge is -2.19. The molecule has 0 saturated heterocycles.